The van der Waals surface area contributed by atoms with Crippen molar-refractivity contribution < 1.29 is 5.11 Å². The number of aliphatic hydroxyl groups is 1. The Morgan fingerprint density at radius 3 is 3.10 bits per heavy atom. The summed E-state index contributed by atoms with van der Waals surface area (Å²) in [6.07, 6.45) is 6.23. The van der Waals surface area contributed by atoms with Gasteiger partial charge in [-0.15, -0.1) is 0 Å². The van der Waals surface area contributed by atoms with Crippen LogP contribution in [0.1, 0.15) is 31.7 Å². The fourth-order valence-corrected chi connectivity index (χ4v) is 3.44. The van der Waals surface area contributed by atoms with E-state index in [9.17, 15) is 5.11 Å². The van der Waals surface area contributed by atoms with Crippen molar-refractivity contribution in [2.45, 2.75) is 44.8 Å². The molecule has 1 aliphatic heterocycles. The van der Waals surface area contributed by atoms with Crippen molar-refractivity contribution in [3.8, 4) is 0 Å². The largest absolute Gasteiger partial charge is 0.392 e. The van der Waals surface area contributed by atoms with E-state index in [-0.39, 0.29) is 6.10 Å². The molecule has 2 atom stereocenters. The fourth-order valence-electron chi connectivity index (χ4n) is 3.44. The smallest absolute Gasteiger partial charge is 0.0692 e. The zero-order chi connectivity index (χ0) is 13.9. The number of H-pyrrole nitrogens is 1. The molecule has 1 aliphatic rings. The predicted molar refractivity (Wildman–Crippen MR) is 82.9 cm³/mol. The van der Waals surface area contributed by atoms with Crippen LogP contribution in [0.4, 0.5) is 0 Å². The molecule has 2 heterocycles. The van der Waals surface area contributed by atoms with Crippen LogP contribution >= 0.6 is 0 Å². The number of fused-ring (bicyclic) bond motifs is 1. The van der Waals surface area contributed by atoms with Gasteiger partial charge in [-0.05, 0) is 43.9 Å². The number of aliphatic hydroxyl groups excluding tert-OH is 1. The van der Waals surface area contributed by atoms with Gasteiger partial charge in [0.1, 0.15) is 0 Å². The minimum absolute atomic E-state index is 0.166. The molecule has 3 rings (SSSR count). The molecule has 0 saturated carbocycles. The highest BCUT2D eigenvalue weighted by molar-refractivity contribution is 5.83. The third-order valence-electron chi connectivity index (χ3n) is 4.62. The maximum atomic E-state index is 10.1. The Kier molecular flexibility index (Phi) is 4.08. The van der Waals surface area contributed by atoms with Gasteiger partial charge in [0.2, 0.25) is 0 Å². The van der Waals surface area contributed by atoms with E-state index in [0.717, 1.165) is 32.4 Å². The van der Waals surface area contributed by atoms with Crippen LogP contribution in [0.15, 0.2) is 30.5 Å². The molecule has 0 amide bonds. The van der Waals surface area contributed by atoms with Gasteiger partial charge in [0.15, 0.2) is 0 Å². The Morgan fingerprint density at radius 1 is 1.40 bits per heavy atom. The molecule has 3 heteroatoms. The SMILES string of the molecule is CC[C@H](O)C1CCCN1CCc1c[nH]c2ccccc12. The second-order valence-electron chi connectivity index (χ2n) is 5.83. The summed E-state index contributed by atoms with van der Waals surface area (Å²) in [6, 6.07) is 8.84. The normalized spacial score (nSPS) is 21.6. The quantitative estimate of drug-likeness (QED) is 0.878. The highest BCUT2D eigenvalue weighted by Gasteiger charge is 2.29. The molecule has 0 spiro atoms. The number of para-hydroxylation sites is 1. The zero-order valence-electron chi connectivity index (χ0n) is 12.2. The summed E-state index contributed by atoms with van der Waals surface area (Å²) < 4.78 is 0. The van der Waals surface area contributed by atoms with Crippen molar-refractivity contribution in [3.63, 3.8) is 0 Å². The Balaban J connectivity index is 1.67. The van der Waals surface area contributed by atoms with Gasteiger partial charge in [0.25, 0.3) is 0 Å². The van der Waals surface area contributed by atoms with Crippen molar-refractivity contribution in [2.24, 2.45) is 0 Å². The van der Waals surface area contributed by atoms with Gasteiger partial charge in [-0.25, -0.2) is 0 Å². The van der Waals surface area contributed by atoms with Gasteiger partial charge in [-0.2, -0.15) is 0 Å². The maximum absolute atomic E-state index is 10.1. The van der Waals surface area contributed by atoms with E-state index >= 15 is 0 Å². The minimum atomic E-state index is -0.166. The highest BCUT2D eigenvalue weighted by atomic mass is 16.3. The van der Waals surface area contributed by atoms with Crippen LogP contribution in [-0.2, 0) is 6.42 Å². The van der Waals surface area contributed by atoms with Crippen molar-refractivity contribution in [3.05, 3.63) is 36.0 Å². The average Bonchev–Trinajstić information content (AvgIpc) is 3.11. The third-order valence-corrected chi connectivity index (χ3v) is 4.62. The standard InChI is InChI=1S/C17H24N2O/c1-2-17(20)16-8-5-10-19(16)11-9-13-12-18-15-7-4-3-6-14(13)15/h3-4,6-7,12,16-18,20H,2,5,8-11H2,1H3/t16?,17-/m0/s1. The molecule has 1 saturated heterocycles. The number of hydrogen-bond donors (Lipinski definition) is 2. The third kappa shape index (κ3) is 2.60. The lowest BCUT2D eigenvalue weighted by molar-refractivity contribution is 0.0707. The molecule has 0 aliphatic carbocycles. The minimum Gasteiger partial charge on any atom is -0.392 e. The molecule has 1 fully saturated rings. The van der Waals surface area contributed by atoms with E-state index in [1.165, 1.54) is 22.9 Å². The van der Waals surface area contributed by atoms with Gasteiger partial charge in [0.05, 0.1) is 6.10 Å². The molecule has 1 unspecified atom stereocenters. The number of hydrogen-bond acceptors (Lipinski definition) is 2. The number of aromatic amines is 1. The van der Waals surface area contributed by atoms with Crippen molar-refractivity contribution >= 4 is 10.9 Å². The van der Waals surface area contributed by atoms with E-state index in [1.54, 1.807) is 0 Å². The number of rotatable bonds is 5. The van der Waals surface area contributed by atoms with Crippen LogP contribution in [0, 0.1) is 0 Å². The molecule has 1 aromatic carbocycles. The van der Waals surface area contributed by atoms with Crippen molar-refractivity contribution in [2.75, 3.05) is 13.1 Å². The molecule has 2 N–H and O–H groups in total. The lowest BCUT2D eigenvalue weighted by Crippen LogP contribution is -2.39. The van der Waals surface area contributed by atoms with Crippen LogP contribution in [0.5, 0.6) is 0 Å². The number of nitrogens with zero attached hydrogens (tertiary/aromatic N) is 1. The van der Waals surface area contributed by atoms with Crippen molar-refractivity contribution in [1.29, 1.82) is 0 Å². The van der Waals surface area contributed by atoms with Gasteiger partial charge >= 0.3 is 0 Å². The number of benzene rings is 1. The Morgan fingerprint density at radius 2 is 2.25 bits per heavy atom. The number of nitrogens with one attached hydrogen (secondary N) is 1. The Hall–Kier alpha value is -1.32. The topological polar surface area (TPSA) is 39.3 Å². The lowest BCUT2D eigenvalue weighted by Gasteiger charge is -2.27. The first-order valence-corrected chi connectivity index (χ1v) is 7.76. The van der Waals surface area contributed by atoms with E-state index < -0.39 is 0 Å². The summed E-state index contributed by atoms with van der Waals surface area (Å²) in [5.41, 5.74) is 2.60. The predicted octanol–water partition coefficient (Wildman–Crippen LogP) is 2.95. The lowest BCUT2D eigenvalue weighted by atomic mass is 10.1. The van der Waals surface area contributed by atoms with Gasteiger partial charge in [0, 0.05) is 29.7 Å². The van der Waals surface area contributed by atoms with Gasteiger partial charge < -0.3 is 10.1 Å². The second kappa shape index (κ2) is 5.98. The second-order valence-corrected chi connectivity index (χ2v) is 5.83. The monoisotopic (exact) mass is 272 g/mol. The maximum Gasteiger partial charge on any atom is 0.0692 e. The molecule has 20 heavy (non-hydrogen) atoms. The molecule has 0 bridgehead atoms. The first kappa shape index (κ1) is 13.7. The van der Waals surface area contributed by atoms with Crippen LogP contribution in [0.25, 0.3) is 10.9 Å². The molecule has 1 aromatic heterocycles. The van der Waals surface area contributed by atoms with Gasteiger partial charge in [-0.3, -0.25) is 4.90 Å². The Labute approximate surface area is 120 Å². The molecule has 108 valence electrons. The summed E-state index contributed by atoms with van der Waals surface area (Å²) in [7, 11) is 0. The summed E-state index contributed by atoms with van der Waals surface area (Å²) in [5.74, 6) is 0. The first-order valence-electron chi connectivity index (χ1n) is 7.76. The molecule has 2 aromatic rings. The van der Waals surface area contributed by atoms with Crippen LogP contribution in [0.3, 0.4) is 0 Å². The molecule has 0 radical (unpaired) electrons. The number of aromatic nitrogens is 1. The van der Waals surface area contributed by atoms with E-state index in [4.69, 9.17) is 0 Å². The Bertz CT molecular complexity index is 563. The van der Waals surface area contributed by atoms with E-state index in [1.807, 2.05) is 0 Å². The summed E-state index contributed by atoms with van der Waals surface area (Å²) in [4.78, 5) is 5.81. The number of likely N-dealkylation sites (tertiary alicyclic amines) is 1. The van der Waals surface area contributed by atoms with E-state index in [2.05, 4.69) is 47.3 Å². The summed E-state index contributed by atoms with van der Waals surface area (Å²) in [6.45, 7) is 4.24. The van der Waals surface area contributed by atoms with E-state index in [0.29, 0.717) is 6.04 Å². The molecular weight excluding hydrogens is 248 g/mol. The zero-order valence-corrected chi connectivity index (χ0v) is 12.2. The van der Waals surface area contributed by atoms with Gasteiger partial charge in [-0.1, -0.05) is 25.1 Å². The van der Waals surface area contributed by atoms with Crippen LogP contribution < -0.4 is 0 Å². The average molecular weight is 272 g/mol. The van der Waals surface area contributed by atoms with Crippen LogP contribution in [-0.4, -0.2) is 40.2 Å². The fraction of sp³-hybridized carbons (Fsp3) is 0.529. The molecular formula is C17H24N2O. The summed E-state index contributed by atoms with van der Waals surface area (Å²) >= 11 is 0. The summed E-state index contributed by atoms with van der Waals surface area (Å²) in [5, 5.41) is 11.4. The first-order chi connectivity index (χ1) is 9.79. The van der Waals surface area contributed by atoms with Crippen LogP contribution in [0.2, 0.25) is 0 Å². The molecule has 3 nitrogen and oxygen atoms in total. The van der Waals surface area contributed by atoms with Crippen molar-refractivity contribution in [1.82, 2.24) is 9.88 Å². The highest BCUT2D eigenvalue weighted by Crippen LogP contribution is 2.23.